The van der Waals surface area contributed by atoms with Crippen molar-refractivity contribution in [2.45, 2.75) is 30.8 Å². The standard InChI is InChI=1S/C20H23FN4O5/c21-20(18-23-17(24-30-18)13-3-7-27-8-4-13)5-6-25(12-20)19(26)22-14-1-2-15-16(11-14)29-10-9-28-15/h1-2,11,13H,3-10,12H2,(H,22,26). The number of ether oxygens (including phenoxy) is 3. The molecule has 1 atom stereocenters. The number of amides is 2. The second kappa shape index (κ2) is 7.75. The topological polar surface area (TPSA) is 99.0 Å². The molecule has 160 valence electrons. The van der Waals surface area contributed by atoms with Gasteiger partial charge in [-0.1, -0.05) is 5.16 Å². The minimum absolute atomic E-state index is 0.0568. The highest BCUT2D eigenvalue weighted by Crippen LogP contribution is 2.37. The van der Waals surface area contributed by atoms with Crippen LogP contribution in [0.3, 0.4) is 0 Å². The first kappa shape index (κ1) is 19.1. The van der Waals surface area contributed by atoms with Crippen LogP contribution in [0.25, 0.3) is 0 Å². The van der Waals surface area contributed by atoms with Gasteiger partial charge >= 0.3 is 6.03 Å². The molecule has 0 spiro atoms. The Bertz CT molecular complexity index is 932. The SMILES string of the molecule is O=C(Nc1ccc2c(c1)OCCO2)N1CCC(F)(c2nc(C3CCOCC3)no2)C1. The fraction of sp³-hybridized carbons (Fsp3) is 0.550. The third-order valence-electron chi connectivity index (χ3n) is 5.71. The zero-order valence-corrected chi connectivity index (χ0v) is 16.4. The molecule has 3 aliphatic heterocycles. The van der Waals surface area contributed by atoms with Crippen LogP contribution in [-0.2, 0) is 10.4 Å². The van der Waals surface area contributed by atoms with Crippen molar-refractivity contribution in [3.63, 3.8) is 0 Å². The number of hydrogen-bond acceptors (Lipinski definition) is 7. The van der Waals surface area contributed by atoms with E-state index in [1.807, 2.05) is 0 Å². The molecule has 3 aliphatic rings. The van der Waals surface area contributed by atoms with Crippen molar-refractivity contribution >= 4 is 11.7 Å². The van der Waals surface area contributed by atoms with E-state index in [2.05, 4.69) is 15.5 Å². The third-order valence-corrected chi connectivity index (χ3v) is 5.71. The number of carbonyl (C=O) groups excluding carboxylic acids is 1. The van der Waals surface area contributed by atoms with E-state index in [-0.39, 0.29) is 31.3 Å². The Kier molecular flexibility index (Phi) is 4.93. The van der Waals surface area contributed by atoms with Gasteiger partial charge in [0.1, 0.15) is 13.2 Å². The largest absolute Gasteiger partial charge is 0.486 e. The number of halogens is 1. The number of nitrogens with zero attached hydrogens (tertiary/aromatic N) is 3. The first-order valence-electron chi connectivity index (χ1n) is 10.2. The Balaban J connectivity index is 1.23. The summed E-state index contributed by atoms with van der Waals surface area (Å²) in [4.78, 5) is 18.4. The Morgan fingerprint density at radius 1 is 1.17 bits per heavy atom. The molecule has 2 aromatic rings. The summed E-state index contributed by atoms with van der Waals surface area (Å²) in [6.45, 7) is 2.35. The monoisotopic (exact) mass is 418 g/mol. The summed E-state index contributed by atoms with van der Waals surface area (Å²) < 4.78 is 37.1. The number of carbonyl (C=O) groups is 1. The number of nitrogens with one attached hydrogen (secondary N) is 1. The van der Waals surface area contributed by atoms with Crippen molar-refractivity contribution < 1.29 is 27.9 Å². The number of likely N-dealkylation sites (tertiary alicyclic amines) is 1. The first-order chi connectivity index (χ1) is 14.6. The van der Waals surface area contributed by atoms with Gasteiger partial charge < -0.3 is 29.0 Å². The molecular weight excluding hydrogens is 395 g/mol. The van der Waals surface area contributed by atoms with Gasteiger partial charge in [0, 0.05) is 43.9 Å². The van der Waals surface area contributed by atoms with Gasteiger partial charge in [0.25, 0.3) is 5.89 Å². The molecule has 4 heterocycles. The molecule has 0 saturated carbocycles. The van der Waals surface area contributed by atoms with Gasteiger partial charge in [-0.25, -0.2) is 9.18 Å². The van der Waals surface area contributed by atoms with Crippen LogP contribution in [0.2, 0.25) is 0 Å². The Morgan fingerprint density at radius 3 is 2.80 bits per heavy atom. The second-order valence-electron chi connectivity index (χ2n) is 7.77. The van der Waals surface area contributed by atoms with Crippen LogP contribution in [-0.4, -0.2) is 60.6 Å². The maximum atomic E-state index is 15.5. The van der Waals surface area contributed by atoms with E-state index in [1.165, 1.54) is 4.90 Å². The summed E-state index contributed by atoms with van der Waals surface area (Å²) in [5.74, 6) is 1.80. The molecule has 0 bridgehead atoms. The van der Waals surface area contributed by atoms with E-state index in [4.69, 9.17) is 18.7 Å². The van der Waals surface area contributed by atoms with Crippen molar-refractivity contribution in [1.29, 1.82) is 0 Å². The van der Waals surface area contributed by atoms with Gasteiger partial charge in [-0.2, -0.15) is 4.98 Å². The lowest BCUT2D eigenvalue weighted by Crippen LogP contribution is -2.35. The van der Waals surface area contributed by atoms with E-state index in [0.29, 0.717) is 49.4 Å². The van der Waals surface area contributed by atoms with Crippen LogP contribution in [0.5, 0.6) is 11.5 Å². The first-order valence-corrected chi connectivity index (χ1v) is 10.2. The number of benzene rings is 1. The van der Waals surface area contributed by atoms with Crippen molar-refractivity contribution in [2.75, 3.05) is 44.8 Å². The lowest BCUT2D eigenvalue weighted by Gasteiger charge is -2.21. The summed E-state index contributed by atoms with van der Waals surface area (Å²) >= 11 is 0. The molecular formula is C20H23FN4O5. The summed E-state index contributed by atoms with van der Waals surface area (Å²) in [6.07, 6.45) is 1.70. The Hall–Kier alpha value is -2.88. The number of urea groups is 1. The van der Waals surface area contributed by atoms with Crippen LogP contribution < -0.4 is 14.8 Å². The summed E-state index contributed by atoms with van der Waals surface area (Å²) in [6, 6.07) is 4.77. The molecule has 2 amide bonds. The van der Waals surface area contributed by atoms with Gasteiger partial charge in [0.2, 0.25) is 5.67 Å². The lowest BCUT2D eigenvalue weighted by atomic mass is 9.99. The molecule has 1 N–H and O–H groups in total. The third kappa shape index (κ3) is 3.67. The van der Waals surface area contributed by atoms with Crippen molar-refractivity contribution in [3.05, 3.63) is 29.9 Å². The quantitative estimate of drug-likeness (QED) is 0.818. The van der Waals surface area contributed by atoms with Crippen LogP contribution in [0.1, 0.15) is 36.9 Å². The van der Waals surface area contributed by atoms with E-state index in [1.54, 1.807) is 18.2 Å². The molecule has 30 heavy (non-hydrogen) atoms. The highest BCUT2D eigenvalue weighted by Gasteiger charge is 2.46. The minimum atomic E-state index is -1.85. The smallest absolute Gasteiger partial charge is 0.321 e. The molecule has 9 nitrogen and oxygen atoms in total. The average Bonchev–Trinajstić information content (AvgIpc) is 3.43. The highest BCUT2D eigenvalue weighted by atomic mass is 19.1. The lowest BCUT2D eigenvalue weighted by molar-refractivity contribution is 0.0830. The molecule has 2 fully saturated rings. The Labute approximate surface area is 172 Å². The molecule has 1 unspecified atom stereocenters. The molecule has 1 aromatic heterocycles. The maximum Gasteiger partial charge on any atom is 0.321 e. The van der Waals surface area contributed by atoms with Gasteiger partial charge in [0.15, 0.2) is 17.3 Å². The zero-order chi connectivity index (χ0) is 20.6. The van der Waals surface area contributed by atoms with Crippen molar-refractivity contribution in [2.24, 2.45) is 0 Å². The van der Waals surface area contributed by atoms with Crippen molar-refractivity contribution in [1.82, 2.24) is 15.0 Å². The number of anilines is 1. The predicted octanol–water partition coefficient (Wildman–Crippen LogP) is 2.84. The van der Waals surface area contributed by atoms with E-state index >= 15 is 4.39 Å². The van der Waals surface area contributed by atoms with Gasteiger partial charge in [-0.15, -0.1) is 0 Å². The summed E-state index contributed by atoms with van der Waals surface area (Å²) in [5, 5.41) is 6.77. The van der Waals surface area contributed by atoms with E-state index < -0.39 is 11.7 Å². The maximum absolute atomic E-state index is 15.5. The molecule has 5 rings (SSSR count). The fourth-order valence-corrected chi connectivity index (χ4v) is 3.98. The Morgan fingerprint density at radius 2 is 1.97 bits per heavy atom. The van der Waals surface area contributed by atoms with Crippen LogP contribution in [0.4, 0.5) is 14.9 Å². The van der Waals surface area contributed by atoms with Gasteiger partial charge in [0.05, 0.1) is 6.54 Å². The molecule has 0 radical (unpaired) electrons. The predicted molar refractivity (Wildman–Crippen MR) is 103 cm³/mol. The molecule has 2 saturated heterocycles. The van der Waals surface area contributed by atoms with E-state index in [9.17, 15) is 4.79 Å². The number of aromatic nitrogens is 2. The van der Waals surface area contributed by atoms with Crippen LogP contribution >= 0.6 is 0 Å². The van der Waals surface area contributed by atoms with E-state index in [0.717, 1.165) is 12.8 Å². The number of rotatable bonds is 3. The minimum Gasteiger partial charge on any atom is -0.486 e. The van der Waals surface area contributed by atoms with Crippen molar-refractivity contribution in [3.8, 4) is 11.5 Å². The zero-order valence-electron chi connectivity index (χ0n) is 16.4. The van der Waals surface area contributed by atoms with Gasteiger partial charge in [-0.05, 0) is 25.0 Å². The molecule has 10 heteroatoms. The normalized spacial score (nSPS) is 24.1. The molecule has 1 aromatic carbocycles. The highest BCUT2D eigenvalue weighted by molar-refractivity contribution is 5.90. The number of fused-ring (bicyclic) bond motifs is 1. The van der Waals surface area contributed by atoms with Crippen LogP contribution in [0.15, 0.2) is 22.7 Å². The molecule has 0 aliphatic carbocycles. The summed E-state index contributed by atoms with van der Waals surface area (Å²) in [5.41, 5.74) is -1.29. The van der Waals surface area contributed by atoms with Gasteiger partial charge in [-0.3, -0.25) is 0 Å². The fourth-order valence-electron chi connectivity index (χ4n) is 3.98. The van der Waals surface area contributed by atoms with Crippen LogP contribution in [0, 0.1) is 0 Å². The summed E-state index contributed by atoms with van der Waals surface area (Å²) in [7, 11) is 0. The number of alkyl halides is 1. The average molecular weight is 418 g/mol. The number of hydrogen-bond donors (Lipinski definition) is 1. The second-order valence-corrected chi connectivity index (χ2v) is 7.77.